The minimum absolute atomic E-state index is 0.102. The number of benzene rings is 1. The van der Waals surface area contributed by atoms with Gasteiger partial charge in [-0.15, -0.1) is 0 Å². The van der Waals surface area contributed by atoms with Gasteiger partial charge in [-0.1, -0.05) is 0 Å². The molecule has 0 aromatic heterocycles. The summed E-state index contributed by atoms with van der Waals surface area (Å²) in [7, 11) is 0. The maximum atomic E-state index is 13.5. The van der Waals surface area contributed by atoms with Crippen molar-refractivity contribution in [1.29, 1.82) is 0 Å². The van der Waals surface area contributed by atoms with Gasteiger partial charge in [-0.3, -0.25) is 0 Å². The Balaban J connectivity index is 2.41. The fraction of sp³-hybridized carbons (Fsp3) is 0.300. The molecule has 0 saturated carbocycles. The van der Waals surface area contributed by atoms with Crippen LogP contribution in [0, 0.1) is 5.82 Å². The highest BCUT2D eigenvalue weighted by Crippen LogP contribution is 2.42. The summed E-state index contributed by atoms with van der Waals surface area (Å²) < 4.78 is 24.3. The lowest BCUT2D eigenvalue weighted by molar-refractivity contribution is -0.107. The summed E-state index contributed by atoms with van der Waals surface area (Å²) in [6.45, 7) is 0.102. The maximum absolute atomic E-state index is 13.5. The lowest BCUT2D eigenvalue weighted by atomic mass is 10.1. The van der Waals surface area contributed by atoms with E-state index in [2.05, 4.69) is 15.9 Å². The Morgan fingerprint density at radius 3 is 3.07 bits per heavy atom. The third-order valence-corrected chi connectivity index (χ3v) is 3.00. The van der Waals surface area contributed by atoms with Crippen LogP contribution in [-0.4, -0.2) is 13.1 Å². The molecule has 80 valence electrons. The fourth-order valence-electron chi connectivity index (χ4n) is 1.44. The van der Waals surface area contributed by atoms with Crippen LogP contribution in [0.3, 0.4) is 0 Å². The molecule has 15 heavy (non-hydrogen) atoms. The number of carbonyl (C=O) groups is 1. The molecule has 0 fully saturated rings. The molecule has 0 atom stereocenters. The molecule has 0 bridgehead atoms. The Bertz CT molecular complexity index is 406. The molecule has 0 aliphatic carbocycles. The molecule has 1 heterocycles. The lowest BCUT2D eigenvalue weighted by Gasteiger charge is -2.07. The second kappa shape index (κ2) is 4.18. The van der Waals surface area contributed by atoms with Crippen molar-refractivity contribution in [3.63, 3.8) is 0 Å². The average Bonchev–Trinajstić information content (AvgIpc) is 2.65. The largest absolute Gasteiger partial charge is 0.453 e. The van der Waals surface area contributed by atoms with Crippen molar-refractivity contribution in [2.45, 2.75) is 12.8 Å². The monoisotopic (exact) mass is 274 g/mol. The first-order chi connectivity index (χ1) is 7.24. The van der Waals surface area contributed by atoms with Gasteiger partial charge in [0.25, 0.3) is 0 Å². The minimum Gasteiger partial charge on any atom is -0.453 e. The lowest BCUT2D eigenvalue weighted by Crippen LogP contribution is -1.95. The number of carbonyl (C=O) groups excluding carboxylic acids is 1. The van der Waals surface area contributed by atoms with Crippen molar-refractivity contribution in [2.24, 2.45) is 0 Å². The zero-order valence-corrected chi connectivity index (χ0v) is 9.34. The van der Waals surface area contributed by atoms with Crippen LogP contribution in [0.5, 0.6) is 11.5 Å². The van der Waals surface area contributed by atoms with Crippen LogP contribution in [0.1, 0.15) is 12.0 Å². The zero-order valence-electron chi connectivity index (χ0n) is 7.76. The number of hydrogen-bond donors (Lipinski definition) is 0. The Hall–Kier alpha value is -1.10. The van der Waals surface area contributed by atoms with Crippen LogP contribution >= 0.6 is 15.9 Å². The molecule has 0 unspecified atom stereocenters. The van der Waals surface area contributed by atoms with E-state index in [4.69, 9.17) is 9.47 Å². The van der Waals surface area contributed by atoms with E-state index < -0.39 is 0 Å². The molecule has 0 N–H and O–H groups in total. The van der Waals surface area contributed by atoms with Gasteiger partial charge in [0.15, 0.2) is 11.5 Å². The van der Waals surface area contributed by atoms with Gasteiger partial charge in [0.05, 0.1) is 4.47 Å². The first-order valence-electron chi connectivity index (χ1n) is 4.44. The van der Waals surface area contributed by atoms with Gasteiger partial charge in [-0.2, -0.15) is 0 Å². The van der Waals surface area contributed by atoms with Crippen LogP contribution in [0.25, 0.3) is 0 Å². The number of hydrogen-bond acceptors (Lipinski definition) is 3. The first-order valence-corrected chi connectivity index (χ1v) is 5.23. The summed E-state index contributed by atoms with van der Waals surface area (Å²) in [5, 5.41) is 0. The zero-order chi connectivity index (χ0) is 10.8. The Morgan fingerprint density at radius 2 is 2.33 bits per heavy atom. The van der Waals surface area contributed by atoms with Crippen LogP contribution in [0.15, 0.2) is 10.5 Å². The summed E-state index contributed by atoms with van der Waals surface area (Å²) in [6.07, 6.45) is 1.40. The van der Waals surface area contributed by atoms with Crippen molar-refractivity contribution in [1.82, 2.24) is 0 Å². The molecule has 1 aromatic rings. The third kappa shape index (κ3) is 1.84. The summed E-state index contributed by atoms with van der Waals surface area (Å²) >= 11 is 3.25. The highest BCUT2D eigenvalue weighted by molar-refractivity contribution is 9.10. The summed E-state index contributed by atoms with van der Waals surface area (Å²) in [4.78, 5) is 10.2. The number of halogens is 2. The second-order valence-electron chi connectivity index (χ2n) is 3.09. The van der Waals surface area contributed by atoms with Crippen LogP contribution in [0.2, 0.25) is 0 Å². The van der Waals surface area contributed by atoms with Gasteiger partial charge in [-0.05, 0) is 22.4 Å². The molecule has 0 radical (unpaired) electrons. The molecule has 1 aromatic carbocycles. The smallest absolute Gasteiger partial charge is 0.231 e. The van der Waals surface area contributed by atoms with Crippen LogP contribution in [0.4, 0.5) is 4.39 Å². The first kappa shape index (κ1) is 10.4. The van der Waals surface area contributed by atoms with E-state index in [9.17, 15) is 9.18 Å². The highest BCUT2D eigenvalue weighted by Gasteiger charge is 2.22. The predicted octanol–water partition coefficient (Wildman–Crippen LogP) is 2.45. The molecular formula is C10H8BrFO3. The van der Waals surface area contributed by atoms with Crippen LogP contribution in [-0.2, 0) is 11.2 Å². The molecule has 0 spiro atoms. The molecule has 1 aliphatic heterocycles. The third-order valence-electron chi connectivity index (χ3n) is 2.16. The molecule has 5 heteroatoms. The molecule has 2 rings (SSSR count). The SMILES string of the molecule is O=CCCc1c(F)cc2c(c1Br)OCO2. The standard InChI is InChI=1S/C10H8BrFO3/c11-9-6(2-1-3-13)7(12)4-8-10(9)15-5-14-8/h3-4H,1-2,5H2. The van der Waals surface area contributed by atoms with Crippen molar-refractivity contribution >= 4 is 22.2 Å². The number of aldehydes is 1. The highest BCUT2D eigenvalue weighted by atomic mass is 79.9. The van der Waals surface area contributed by atoms with E-state index in [0.717, 1.165) is 6.29 Å². The summed E-state index contributed by atoms with van der Waals surface area (Å²) in [6, 6.07) is 1.28. The number of fused-ring (bicyclic) bond motifs is 1. The van der Waals surface area contributed by atoms with Crippen molar-refractivity contribution in [3.8, 4) is 11.5 Å². The van der Waals surface area contributed by atoms with Gasteiger partial charge < -0.3 is 14.3 Å². The molecular weight excluding hydrogens is 267 g/mol. The van der Waals surface area contributed by atoms with Crippen molar-refractivity contribution in [3.05, 3.63) is 21.9 Å². The van der Waals surface area contributed by atoms with E-state index in [1.54, 1.807) is 0 Å². The molecule has 3 nitrogen and oxygen atoms in total. The molecule has 1 aliphatic rings. The van der Waals surface area contributed by atoms with Gasteiger partial charge >= 0.3 is 0 Å². The Kier molecular flexibility index (Phi) is 2.90. The van der Waals surface area contributed by atoms with Gasteiger partial charge in [0, 0.05) is 18.1 Å². The maximum Gasteiger partial charge on any atom is 0.231 e. The van der Waals surface area contributed by atoms with Crippen molar-refractivity contribution < 1.29 is 18.7 Å². The average molecular weight is 275 g/mol. The fourth-order valence-corrected chi connectivity index (χ4v) is 2.14. The summed E-state index contributed by atoms with van der Waals surface area (Å²) in [5.41, 5.74) is 0.450. The van der Waals surface area contributed by atoms with E-state index in [1.807, 2.05) is 0 Å². The van der Waals surface area contributed by atoms with Gasteiger partial charge in [0.2, 0.25) is 6.79 Å². The Morgan fingerprint density at radius 1 is 1.53 bits per heavy atom. The van der Waals surface area contributed by atoms with Crippen LogP contribution < -0.4 is 9.47 Å². The van der Waals surface area contributed by atoms with E-state index in [0.29, 0.717) is 28.0 Å². The normalized spacial score (nSPS) is 12.9. The number of ether oxygens (including phenoxy) is 2. The van der Waals surface area contributed by atoms with Gasteiger partial charge in [0.1, 0.15) is 12.1 Å². The second-order valence-corrected chi connectivity index (χ2v) is 3.88. The van der Waals surface area contributed by atoms with Crippen molar-refractivity contribution in [2.75, 3.05) is 6.79 Å². The van der Waals surface area contributed by atoms with E-state index in [1.165, 1.54) is 6.07 Å². The quantitative estimate of drug-likeness (QED) is 0.795. The summed E-state index contributed by atoms with van der Waals surface area (Å²) in [5.74, 6) is 0.527. The number of rotatable bonds is 3. The molecule has 0 saturated heterocycles. The minimum atomic E-state index is -0.382. The Labute approximate surface area is 94.3 Å². The molecule has 0 amide bonds. The topological polar surface area (TPSA) is 35.5 Å². The predicted molar refractivity (Wildman–Crippen MR) is 54.6 cm³/mol. The van der Waals surface area contributed by atoms with E-state index in [-0.39, 0.29) is 19.0 Å². The van der Waals surface area contributed by atoms with E-state index >= 15 is 0 Å². The van der Waals surface area contributed by atoms with Gasteiger partial charge in [-0.25, -0.2) is 4.39 Å².